The second kappa shape index (κ2) is 9.11. The Morgan fingerprint density at radius 3 is 2.19 bits per heavy atom. The molecule has 0 aromatic rings. The summed E-state index contributed by atoms with van der Waals surface area (Å²) in [4.78, 5) is 34.1. The highest BCUT2D eigenvalue weighted by atomic mass is 17.2. The average molecular weight is 234 g/mol. The highest BCUT2D eigenvalue weighted by Crippen LogP contribution is 2.03. The van der Waals surface area contributed by atoms with E-state index >= 15 is 0 Å². The fourth-order valence-corrected chi connectivity index (χ4v) is 0.862. The maximum atomic E-state index is 11.0. The van der Waals surface area contributed by atoms with Crippen molar-refractivity contribution < 1.29 is 29.5 Å². The second-order valence-corrected chi connectivity index (χ2v) is 3.80. The Labute approximate surface area is 94.3 Å². The molecule has 0 atom stereocenters. The summed E-state index contributed by atoms with van der Waals surface area (Å²) in [6.07, 6.45) is 1.20. The molecule has 6 heteroatoms. The maximum absolute atomic E-state index is 11.0. The van der Waals surface area contributed by atoms with E-state index in [1.807, 2.05) is 13.8 Å². The number of hydrogen-bond donors (Lipinski definition) is 1. The van der Waals surface area contributed by atoms with Gasteiger partial charge in [0.1, 0.15) is 0 Å². The molecule has 0 rings (SSSR count). The molecule has 0 aromatic carbocycles. The number of rotatable bonds is 8. The molecule has 0 spiro atoms. The molecule has 1 N–H and O–H groups in total. The zero-order valence-electron chi connectivity index (χ0n) is 9.60. The van der Waals surface area contributed by atoms with Crippen LogP contribution in [0.3, 0.4) is 0 Å². The van der Waals surface area contributed by atoms with Crippen LogP contribution in [0.4, 0.5) is 0 Å². The normalized spacial score (nSPS) is 10.2. The van der Waals surface area contributed by atoms with Crippen LogP contribution in [-0.4, -0.2) is 23.8 Å². The van der Waals surface area contributed by atoms with Gasteiger partial charge >= 0.3 is 11.9 Å². The van der Waals surface area contributed by atoms with Crippen LogP contribution < -0.4 is 0 Å². The lowest BCUT2D eigenvalue weighted by atomic mass is 10.2. The smallest absolute Gasteiger partial charge is 0.301 e. The molecule has 0 aliphatic rings. The fraction of sp³-hybridized carbons (Fsp3) is 0.800. The Bertz CT molecular complexity index is 213. The van der Waals surface area contributed by atoms with Crippen molar-refractivity contribution in [1.82, 2.24) is 0 Å². The van der Waals surface area contributed by atoms with E-state index in [0.717, 1.165) is 0 Å². The van der Waals surface area contributed by atoms with Crippen molar-refractivity contribution in [3.8, 4) is 0 Å². The van der Waals surface area contributed by atoms with E-state index in [2.05, 4.69) is 14.7 Å². The molecule has 0 radical (unpaired) electrons. The third kappa shape index (κ3) is 9.42. The first-order valence-corrected chi connectivity index (χ1v) is 5.22. The third-order valence-electron chi connectivity index (χ3n) is 1.67. The summed E-state index contributed by atoms with van der Waals surface area (Å²) in [5, 5.41) is 7.95. The second-order valence-electron chi connectivity index (χ2n) is 3.80. The molecule has 16 heavy (non-hydrogen) atoms. The van der Waals surface area contributed by atoms with Gasteiger partial charge in [0.15, 0.2) is 0 Å². The van der Waals surface area contributed by atoms with Gasteiger partial charge in [0, 0.05) is 12.8 Å². The summed E-state index contributed by atoms with van der Waals surface area (Å²) in [6, 6.07) is 0. The molecule has 0 fully saturated rings. The van der Waals surface area contributed by atoms with Crippen LogP contribution in [0, 0.1) is 5.92 Å². The van der Waals surface area contributed by atoms with Crippen molar-refractivity contribution in [2.75, 3.05) is 6.61 Å². The first-order valence-electron chi connectivity index (χ1n) is 5.22. The SMILES string of the molecule is CC(C)COOC(=O)CCCCC(=O)OO. The van der Waals surface area contributed by atoms with Crippen molar-refractivity contribution >= 4 is 11.9 Å². The number of hydrogen-bond acceptors (Lipinski definition) is 6. The highest BCUT2D eigenvalue weighted by molar-refractivity contribution is 5.69. The van der Waals surface area contributed by atoms with Crippen LogP contribution in [0.1, 0.15) is 39.5 Å². The summed E-state index contributed by atoms with van der Waals surface area (Å²) < 4.78 is 0. The molecule has 0 amide bonds. The molecule has 0 heterocycles. The van der Waals surface area contributed by atoms with Gasteiger partial charge in [-0.05, 0) is 18.8 Å². The van der Waals surface area contributed by atoms with E-state index in [4.69, 9.17) is 5.26 Å². The Hall–Kier alpha value is -1.14. The topological polar surface area (TPSA) is 82.1 Å². The van der Waals surface area contributed by atoms with E-state index in [9.17, 15) is 9.59 Å². The Balaban J connectivity index is 3.34. The molecule has 94 valence electrons. The van der Waals surface area contributed by atoms with Crippen molar-refractivity contribution in [1.29, 1.82) is 0 Å². The third-order valence-corrected chi connectivity index (χ3v) is 1.67. The quantitative estimate of drug-likeness (QED) is 0.391. The molecule has 0 saturated heterocycles. The standard InChI is InChI=1S/C10H18O6/c1-8(2)7-14-16-10(12)6-4-3-5-9(11)15-13/h8,13H,3-7H2,1-2H3. The summed E-state index contributed by atoms with van der Waals surface area (Å²) in [6.45, 7) is 4.24. The van der Waals surface area contributed by atoms with E-state index in [-0.39, 0.29) is 12.8 Å². The van der Waals surface area contributed by atoms with E-state index in [0.29, 0.717) is 25.4 Å². The predicted molar refractivity (Wildman–Crippen MR) is 54.1 cm³/mol. The van der Waals surface area contributed by atoms with Gasteiger partial charge in [0.05, 0.1) is 6.61 Å². The molecule has 0 saturated carbocycles. The van der Waals surface area contributed by atoms with Gasteiger partial charge in [-0.2, -0.15) is 10.1 Å². The summed E-state index contributed by atoms with van der Waals surface area (Å²) in [7, 11) is 0. The molecule has 0 bridgehead atoms. The van der Waals surface area contributed by atoms with E-state index in [1.165, 1.54) is 0 Å². The summed E-state index contributed by atoms with van der Waals surface area (Å²) in [5.74, 6) is -0.866. The first-order chi connectivity index (χ1) is 7.56. The Morgan fingerprint density at radius 2 is 1.69 bits per heavy atom. The van der Waals surface area contributed by atoms with Crippen LogP contribution in [0.15, 0.2) is 0 Å². The van der Waals surface area contributed by atoms with Gasteiger partial charge in [0.2, 0.25) is 0 Å². The lowest BCUT2D eigenvalue weighted by Gasteiger charge is -2.05. The molecule has 6 nitrogen and oxygen atoms in total. The lowest BCUT2D eigenvalue weighted by molar-refractivity contribution is -0.276. The predicted octanol–water partition coefficient (Wildman–Crippen LogP) is 1.69. The molecule has 0 aliphatic heterocycles. The monoisotopic (exact) mass is 234 g/mol. The zero-order valence-corrected chi connectivity index (χ0v) is 9.60. The minimum absolute atomic E-state index is 0.0800. The van der Waals surface area contributed by atoms with E-state index < -0.39 is 11.9 Å². The molecule has 0 aromatic heterocycles. The molecule has 0 aliphatic carbocycles. The van der Waals surface area contributed by atoms with Crippen molar-refractivity contribution in [3.63, 3.8) is 0 Å². The van der Waals surface area contributed by atoms with Gasteiger partial charge in [-0.1, -0.05) is 13.8 Å². The molecular weight excluding hydrogens is 216 g/mol. The largest absolute Gasteiger partial charge is 0.342 e. The van der Waals surface area contributed by atoms with Gasteiger partial charge in [-0.15, -0.1) is 0 Å². The minimum Gasteiger partial charge on any atom is -0.301 e. The van der Waals surface area contributed by atoms with Crippen LogP contribution in [-0.2, 0) is 24.3 Å². The fourth-order valence-electron chi connectivity index (χ4n) is 0.862. The van der Waals surface area contributed by atoms with Crippen LogP contribution >= 0.6 is 0 Å². The van der Waals surface area contributed by atoms with Crippen molar-refractivity contribution in [2.45, 2.75) is 39.5 Å². The number of carbonyl (C=O) groups excluding carboxylic acids is 2. The van der Waals surface area contributed by atoms with Crippen molar-refractivity contribution in [3.05, 3.63) is 0 Å². The Morgan fingerprint density at radius 1 is 1.12 bits per heavy atom. The number of carbonyl (C=O) groups is 2. The Kier molecular flexibility index (Phi) is 8.46. The van der Waals surface area contributed by atoms with Gasteiger partial charge < -0.3 is 4.89 Å². The van der Waals surface area contributed by atoms with Gasteiger partial charge in [-0.25, -0.2) is 9.59 Å². The zero-order chi connectivity index (χ0) is 12.4. The van der Waals surface area contributed by atoms with Crippen LogP contribution in [0.25, 0.3) is 0 Å². The van der Waals surface area contributed by atoms with Gasteiger partial charge in [-0.3, -0.25) is 4.89 Å². The van der Waals surface area contributed by atoms with E-state index in [1.54, 1.807) is 0 Å². The summed E-state index contributed by atoms with van der Waals surface area (Å²) >= 11 is 0. The highest BCUT2D eigenvalue weighted by Gasteiger charge is 2.07. The summed E-state index contributed by atoms with van der Waals surface area (Å²) in [5.41, 5.74) is 0. The minimum atomic E-state index is -0.704. The van der Waals surface area contributed by atoms with Crippen molar-refractivity contribution in [2.24, 2.45) is 5.92 Å². The van der Waals surface area contributed by atoms with Crippen LogP contribution in [0.2, 0.25) is 0 Å². The lowest BCUT2D eigenvalue weighted by Crippen LogP contribution is -2.09. The molecular formula is C10H18O6. The molecule has 0 unspecified atom stereocenters. The first kappa shape index (κ1) is 14.9. The van der Waals surface area contributed by atoms with Gasteiger partial charge in [0.25, 0.3) is 0 Å². The number of unbranched alkanes of at least 4 members (excludes halogenated alkanes) is 1. The van der Waals surface area contributed by atoms with Crippen LogP contribution in [0.5, 0.6) is 0 Å². The maximum Gasteiger partial charge on any atom is 0.342 e. The average Bonchev–Trinajstić information content (AvgIpc) is 2.23.